The second-order valence-electron chi connectivity index (χ2n) is 3.50. The van der Waals surface area contributed by atoms with Crippen LogP contribution in [0.3, 0.4) is 0 Å². The van der Waals surface area contributed by atoms with Crippen LogP contribution >= 0.6 is 15.9 Å². The maximum absolute atomic E-state index is 11.7. The van der Waals surface area contributed by atoms with Gasteiger partial charge < -0.3 is 10.4 Å². The predicted molar refractivity (Wildman–Crippen MR) is 65.7 cm³/mol. The third-order valence-corrected chi connectivity index (χ3v) is 2.74. The molecule has 0 aliphatic rings. The first kappa shape index (κ1) is 13.6. The summed E-state index contributed by atoms with van der Waals surface area (Å²) in [5.74, 6) is -1.84. The highest BCUT2D eigenvalue weighted by molar-refractivity contribution is 9.10. The van der Waals surface area contributed by atoms with Crippen LogP contribution in [0.1, 0.15) is 23.8 Å². The van der Waals surface area contributed by atoms with Crippen molar-refractivity contribution in [2.45, 2.75) is 13.3 Å². The summed E-state index contributed by atoms with van der Waals surface area (Å²) in [7, 11) is 0. The van der Waals surface area contributed by atoms with Gasteiger partial charge in [0.15, 0.2) is 0 Å². The van der Waals surface area contributed by atoms with Crippen molar-refractivity contribution >= 4 is 27.8 Å². The normalized spacial score (nSPS) is 11.9. The SMILES string of the molecule is CCC(CNC(=O)c1cccc(Br)n1)C(=O)O. The molecule has 0 aromatic carbocycles. The number of pyridine rings is 1. The zero-order chi connectivity index (χ0) is 12.8. The monoisotopic (exact) mass is 300 g/mol. The first-order chi connectivity index (χ1) is 8.04. The highest BCUT2D eigenvalue weighted by Gasteiger charge is 2.16. The molecule has 17 heavy (non-hydrogen) atoms. The van der Waals surface area contributed by atoms with Gasteiger partial charge in [-0.05, 0) is 34.5 Å². The predicted octanol–water partition coefficient (Wildman–Crippen LogP) is 1.68. The minimum Gasteiger partial charge on any atom is -0.481 e. The van der Waals surface area contributed by atoms with Gasteiger partial charge in [-0.2, -0.15) is 0 Å². The number of aromatic nitrogens is 1. The number of hydrogen-bond donors (Lipinski definition) is 2. The van der Waals surface area contributed by atoms with Crippen molar-refractivity contribution in [3.05, 3.63) is 28.5 Å². The third kappa shape index (κ3) is 4.14. The molecule has 0 bridgehead atoms. The van der Waals surface area contributed by atoms with E-state index in [1.807, 2.05) is 0 Å². The van der Waals surface area contributed by atoms with Gasteiger partial charge in [0.2, 0.25) is 0 Å². The molecule has 0 saturated heterocycles. The minimum absolute atomic E-state index is 0.110. The van der Waals surface area contributed by atoms with Crippen molar-refractivity contribution in [2.24, 2.45) is 5.92 Å². The number of nitrogens with one attached hydrogen (secondary N) is 1. The number of hydrogen-bond acceptors (Lipinski definition) is 3. The fraction of sp³-hybridized carbons (Fsp3) is 0.364. The molecule has 1 rings (SSSR count). The quantitative estimate of drug-likeness (QED) is 0.811. The van der Waals surface area contributed by atoms with Crippen LogP contribution in [0.2, 0.25) is 0 Å². The van der Waals surface area contributed by atoms with Crippen LogP contribution in [0.5, 0.6) is 0 Å². The molecule has 1 amide bonds. The Balaban J connectivity index is 2.58. The van der Waals surface area contributed by atoms with Gasteiger partial charge in [-0.3, -0.25) is 9.59 Å². The molecule has 2 N–H and O–H groups in total. The Hall–Kier alpha value is -1.43. The Kier molecular flexibility index (Phi) is 5.09. The van der Waals surface area contributed by atoms with E-state index in [0.29, 0.717) is 11.0 Å². The summed E-state index contributed by atoms with van der Waals surface area (Å²) in [4.78, 5) is 26.4. The zero-order valence-corrected chi connectivity index (χ0v) is 10.9. The Bertz CT molecular complexity index is 423. The van der Waals surface area contributed by atoms with E-state index >= 15 is 0 Å². The summed E-state index contributed by atoms with van der Waals surface area (Å²) in [6, 6.07) is 4.98. The topological polar surface area (TPSA) is 79.3 Å². The molecule has 0 fully saturated rings. The molecule has 92 valence electrons. The van der Waals surface area contributed by atoms with Crippen LogP contribution in [0.15, 0.2) is 22.8 Å². The van der Waals surface area contributed by atoms with Gasteiger partial charge in [-0.25, -0.2) is 4.98 Å². The van der Waals surface area contributed by atoms with E-state index in [1.165, 1.54) is 0 Å². The summed E-state index contributed by atoms with van der Waals surface area (Å²) in [6.45, 7) is 1.88. The lowest BCUT2D eigenvalue weighted by Crippen LogP contribution is -2.33. The number of aliphatic carboxylic acids is 1. The smallest absolute Gasteiger partial charge is 0.308 e. The molecule has 0 saturated carbocycles. The van der Waals surface area contributed by atoms with E-state index in [4.69, 9.17) is 5.11 Å². The third-order valence-electron chi connectivity index (χ3n) is 2.30. The number of carbonyl (C=O) groups is 2. The minimum atomic E-state index is -0.907. The van der Waals surface area contributed by atoms with E-state index in [0.717, 1.165) is 0 Å². The lowest BCUT2D eigenvalue weighted by Gasteiger charge is -2.10. The fourth-order valence-electron chi connectivity index (χ4n) is 1.25. The number of carboxylic acids is 1. The summed E-state index contributed by atoms with van der Waals surface area (Å²) in [5.41, 5.74) is 0.264. The second kappa shape index (κ2) is 6.34. The number of rotatable bonds is 5. The van der Waals surface area contributed by atoms with Gasteiger partial charge in [0.1, 0.15) is 10.3 Å². The molecule has 0 aliphatic heterocycles. The molecule has 1 aromatic heterocycles. The van der Waals surface area contributed by atoms with Gasteiger partial charge >= 0.3 is 5.97 Å². The van der Waals surface area contributed by atoms with Crippen molar-refractivity contribution in [3.8, 4) is 0 Å². The lowest BCUT2D eigenvalue weighted by atomic mass is 10.1. The van der Waals surface area contributed by atoms with Gasteiger partial charge in [0.05, 0.1) is 5.92 Å². The molecule has 0 radical (unpaired) electrons. The highest BCUT2D eigenvalue weighted by Crippen LogP contribution is 2.06. The summed E-state index contributed by atoms with van der Waals surface area (Å²) in [5, 5.41) is 11.4. The molecule has 0 spiro atoms. The molecule has 1 unspecified atom stereocenters. The molecule has 1 aromatic rings. The van der Waals surface area contributed by atoms with Gasteiger partial charge in [0.25, 0.3) is 5.91 Å². The maximum Gasteiger partial charge on any atom is 0.308 e. The average Bonchev–Trinajstić information content (AvgIpc) is 2.29. The highest BCUT2D eigenvalue weighted by atomic mass is 79.9. The van der Waals surface area contributed by atoms with E-state index in [-0.39, 0.29) is 18.1 Å². The molecule has 0 aliphatic carbocycles. The van der Waals surface area contributed by atoms with E-state index in [1.54, 1.807) is 25.1 Å². The van der Waals surface area contributed by atoms with Crippen LogP contribution in [-0.4, -0.2) is 28.5 Å². The Labute approximate surface area is 107 Å². The van der Waals surface area contributed by atoms with E-state index in [2.05, 4.69) is 26.2 Å². The zero-order valence-electron chi connectivity index (χ0n) is 9.31. The molecular formula is C11H13BrN2O3. The van der Waals surface area contributed by atoms with Crippen LogP contribution in [0.4, 0.5) is 0 Å². The Morgan fingerprint density at radius 1 is 1.53 bits per heavy atom. The summed E-state index contributed by atoms with van der Waals surface area (Å²) in [6.07, 6.45) is 0.474. The lowest BCUT2D eigenvalue weighted by molar-refractivity contribution is -0.141. The molecule has 1 heterocycles. The Morgan fingerprint density at radius 3 is 2.76 bits per heavy atom. The van der Waals surface area contributed by atoms with Crippen LogP contribution in [-0.2, 0) is 4.79 Å². The van der Waals surface area contributed by atoms with Crippen molar-refractivity contribution < 1.29 is 14.7 Å². The van der Waals surface area contributed by atoms with E-state index in [9.17, 15) is 9.59 Å². The largest absolute Gasteiger partial charge is 0.481 e. The number of carbonyl (C=O) groups excluding carboxylic acids is 1. The fourth-order valence-corrected chi connectivity index (χ4v) is 1.59. The number of nitrogens with zero attached hydrogens (tertiary/aromatic N) is 1. The van der Waals surface area contributed by atoms with Crippen molar-refractivity contribution in [1.29, 1.82) is 0 Å². The van der Waals surface area contributed by atoms with Crippen LogP contribution in [0.25, 0.3) is 0 Å². The molecule has 1 atom stereocenters. The van der Waals surface area contributed by atoms with Crippen molar-refractivity contribution in [2.75, 3.05) is 6.54 Å². The van der Waals surface area contributed by atoms with E-state index < -0.39 is 11.9 Å². The number of halogens is 1. The molecule has 6 heteroatoms. The first-order valence-corrected chi connectivity index (χ1v) is 5.97. The molecular weight excluding hydrogens is 288 g/mol. The average molecular weight is 301 g/mol. The number of carboxylic acid groups (broad SMARTS) is 1. The summed E-state index contributed by atoms with van der Waals surface area (Å²) >= 11 is 3.16. The van der Waals surface area contributed by atoms with Gasteiger partial charge in [-0.15, -0.1) is 0 Å². The van der Waals surface area contributed by atoms with Crippen molar-refractivity contribution in [1.82, 2.24) is 10.3 Å². The van der Waals surface area contributed by atoms with Crippen LogP contribution in [0, 0.1) is 5.92 Å². The second-order valence-corrected chi connectivity index (χ2v) is 4.31. The standard InChI is InChI=1S/C11H13BrN2O3/c1-2-7(11(16)17)6-13-10(15)8-4-3-5-9(12)14-8/h3-5,7H,2,6H2,1H3,(H,13,15)(H,16,17). The van der Waals surface area contributed by atoms with Crippen molar-refractivity contribution in [3.63, 3.8) is 0 Å². The molecule has 5 nitrogen and oxygen atoms in total. The van der Waals surface area contributed by atoms with Crippen LogP contribution < -0.4 is 5.32 Å². The summed E-state index contributed by atoms with van der Waals surface area (Å²) < 4.78 is 0.565. The first-order valence-electron chi connectivity index (χ1n) is 5.18. The maximum atomic E-state index is 11.7. The van der Waals surface area contributed by atoms with Gasteiger partial charge in [0, 0.05) is 6.54 Å². The van der Waals surface area contributed by atoms with Gasteiger partial charge in [-0.1, -0.05) is 13.0 Å². The number of amides is 1. The Morgan fingerprint density at radius 2 is 2.24 bits per heavy atom.